The number of anilines is 1. The van der Waals surface area contributed by atoms with Gasteiger partial charge in [-0.25, -0.2) is 4.98 Å². The summed E-state index contributed by atoms with van der Waals surface area (Å²) in [6.07, 6.45) is 1.73. The Bertz CT molecular complexity index is 1120. The molecule has 4 rings (SSSR count). The van der Waals surface area contributed by atoms with E-state index in [-0.39, 0.29) is 5.91 Å². The first-order valence-corrected chi connectivity index (χ1v) is 10.3. The van der Waals surface area contributed by atoms with Gasteiger partial charge in [0.25, 0.3) is 5.91 Å². The molecule has 0 atom stereocenters. The molecule has 0 spiro atoms. The minimum absolute atomic E-state index is 0.116. The van der Waals surface area contributed by atoms with Crippen LogP contribution in [0.3, 0.4) is 0 Å². The van der Waals surface area contributed by atoms with E-state index in [4.69, 9.17) is 9.72 Å². The van der Waals surface area contributed by atoms with Crippen molar-refractivity contribution in [3.63, 3.8) is 0 Å². The number of nitrogens with zero attached hydrogens (tertiary/aromatic N) is 3. The van der Waals surface area contributed by atoms with Crippen LogP contribution in [0.5, 0.6) is 5.75 Å². The number of hydrogen-bond donors (Lipinski definition) is 0. The van der Waals surface area contributed by atoms with Crippen molar-refractivity contribution in [2.45, 2.75) is 20.4 Å². The van der Waals surface area contributed by atoms with Gasteiger partial charge in [-0.05, 0) is 67.9 Å². The van der Waals surface area contributed by atoms with Crippen LogP contribution in [0.15, 0.2) is 66.9 Å². The van der Waals surface area contributed by atoms with Crippen LogP contribution in [0.25, 0.3) is 10.2 Å². The van der Waals surface area contributed by atoms with E-state index in [1.807, 2.05) is 49.4 Å². The number of ether oxygens (including phenoxy) is 1. The second-order valence-corrected chi connectivity index (χ2v) is 7.65. The lowest BCUT2D eigenvalue weighted by atomic mass is 10.2. The molecule has 5 nitrogen and oxygen atoms in total. The number of carbonyl (C=O) groups excluding carboxylic acids is 1. The van der Waals surface area contributed by atoms with Crippen LogP contribution >= 0.6 is 11.3 Å². The van der Waals surface area contributed by atoms with E-state index in [0.29, 0.717) is 23.8 Å². The first-order chi connectivity index (χ1) is 14.1. The molecule has 0 N–H and O–H groups in total. The van der Waals surface area contributed by atoms with Crippen molar-refractivity contribution in [2.75, 3.05) is 11.5 Å². The molecule has 0 aliphatic heterocycles. The molecule has 0 unspecified atom stereocenters. The van der Waals surface area contributed by atoms with E-state index < -0.39 is 0 Å². The Labute approximate surface area is 173 Å². The monoisotopic (exact) mass is 403 g/mol. The molecular weight excluding hydrogens is 382 g/mol. The predicted molar refractivity (Wildman–Crippen MR) is 117 cm³/mol. The van der Waals surface area contributed by atoms with E-state index in [9.17, 15) is 4.79 Å². The Morgan fingerprint density at radius 3 is 2.66 bits per heavy atom. The summed E-state index contributed by atoms with van der Waals surface area (Å²) in [7, 11) is 0. The fourth-order valence-electron chi connectivity index (χ4n) is 3.03. The maximum Gasteiger partial charge on any atom is 0.260 e. The van der Waals surface area contributed by atoms with Gasteiger partial charge < -0.3 is 4.74 Å². The van der Waals surface area contributed by atoms with Crippen LogP contribution < -0.4 is 9.64 Å². The summed E-state index contributed by atoms with van der Waals surface area (Å²) < 4.78 is 6.55. The van der Waals surface area contributed by atoms with Gasteiger partial charge in [0.1, 0.15) is 5.75 Å². The first kappa shape index (κ1) is 19.1. The first-order valence-electron chi connectivity index (χ1n) is 9.46. The maximum absolute atomic E-state index is 13.4. The van der Waals surface area contributed by atoms with Gasteiger partial charge in [-0.15, -0.1) is 0 Å². The lowest BCUT2D eigenvalue weighted by Crippen LogP contribution is -2.30. The normalized spacial score (nSPS) is 10.8. The molecule has 2 heterocycles. The molecule has 146 valence electrons. The Kier molecular flexibility index (Phi) is 5.53. The van der Waals surface area contributed by atoms with E-state index in [1.165, 1.54) is 16.9 Å². The molecule has 6 heteroatoms. The van der Waals surface area contributed by atoms with E-state index in [1.54, 1.807) is 23.2 Å². The smallest absolute Gasteiger partial charge is 0.260 e. The summed E-state index contributed by atoms with van der Waals surface area (Å²) in [4.78, 5) is 24.2. The molecule has 0 saturated heterocycles. The Morgan fingerprint density at radius 2 is 1.93 bits per heavy atom. The number of aromatic nitrogens is 2. The molecule has 29 heavy (non-hydrogen) atoms. The molecule has 2 aromatic carbocycles. The number of rotatable bonds is 6. The number of thiazole rings is 1. The molecule has 2 aromatic heterocycles. The molecule has 0 saturated carbocycles. The Hall–Kier alpha value is -3.25. The quantitative estimate of drug-likeness (QED) is 0.441. The van der Waals surface area contributed by atoms with Gasteiger partial charge in [0.15, 0.2) is 5.13 Å². The molecule has 0 radical (unpaired) electrons. The SMILES string of the molecule is CCOc1ccc(C(=O)N(Cc2ccccn2)c2nc3ccc(C)cc3s2)cc1. The second-order valence-electron chi connectivity index (χ2n) is 6.64. The van der Waals surface area contributed by atoms with Crippen LogP contribution in [0.2, 0.25) is 0 Å². The standard InChI is InChI=1S/C23H21N3O2S/c1-3-28-19-10-8-17(9-11-19)22(27)26(15-18-6-4-5-13-24-18)23-25-20-12-7-16(2)14-21(20)29-23/h4-14H,3,15H2,1-2H3. The van der Waals surface area contributed by atoms with E-state index in [0.717, 1.165) is 21.7 Å². The van der Waals surface area contributed by atoms with Gasteiger partial charge in [-0.1, -0.05) is 23.5 Å². The van der Waals surface area contributed by atoms with Gasteiger partial charge >= 0.3 is 0 Å². The molecule has 0 aliphatic carbocycles. The molecule has 4 aromatic rings. The van der Waals surface area contributed by atoms with Crippen molar-refractivity contribution in [1.82, 2.24) is 9.97 Å². The number of fused-ring (bicyclic) bond motifs is 1. The zero-order valence-corrected chi connectivity index (χ0v) is 17.1. The highest BCUT2D eigenvalue weighted by Crippen LogP contribution is 2.31. The fraction of sp³-hybridized carbons (Fsp3) is 0.174. The highest BCUT2D eigenvalue weighted by Gasteiger charge is 2.22. The summed E-state index contributed by atoms with van der Waals surface area (Å²) in [5, 5.41) is 0.662. The van der Waals surface area contributed by atoms with Crippen molar-refractivity contribution in [3.8, 4) is 5.75 Å². The zero-order valence-electron chi connectivity index (χ0n) is 16.3. The zero-order chi connectivity index (χ0) is 20.2. The third-order valence-corrected chi connectivity index (χ3v) is 5.51. The summed E-state index contributed by atoms with van der Waals surface area (Å²) in [5.41, 5.74) is 3.45. The number of aryl methyl sites for hydroxylation is 1. The van der Waals surface area contributed by atoms with Crippen LogP contribution in [-0.4, -0.2) is 22.5 Å². The van der Waals surface area contributed by atoms with Crippen molar-refractivity contribution >= 4 is 32.6 Å². The summed E-state index contributed by atoms with van der Waals surface area (Å²) in [5.74, 6) is 0.630. The van der Waals surface area contributed by atoms with Crippen molar-refractivity contribution in [1.29, 1.82) is 0 Å². The number of carbonyl (C=O) groups is 1. The van der Waals surface area contributed by atoms with Crippen molar-refractivity contribution in [3.05, 3.63) is 83.7 Å². The lowest BCUT2D eigenvalue weighted by molar-refractivity contribution is 0.0985. The Morgan fingerprint density at radius 1 is 1.10 bits per heavy atom. The highest BCUT2D eigenvalue weighted by atomic mass is 32.1. The number of benzene rings is 2. The summed E-state index contributed by atoms with van der Waals surface area (Å²) in [6, 6.07) is 19.0. The minimum Gasteiger partial charge on any atom is -0.494 e. The third kappa shape index (κ3) is 4.27. The maximum atomic E-state index is 13.4. The van der Waals surface area contributed by atoms with Gasteiger partial charge in [-0.3, -0.25) is 14.7 Å². The summed E-state index contributed by atoms with van der Waals surface area (Å²) >= 11 is 1.51. The van der Waals surface area contributed by atoms with Crippen molar-refractivity contribution in [2.24, 2.45) is 0 Å². The molecule has 0 bridgehead atoms. The average molecular weight is 404 g/mol. The molecule has 0 fully saturated rings. The topological polar surface area (TPSA) is 55.3 Å². The molecular formula is C23H21N3O2S. The third-order valence-electron chi connectivity index (χ3n) is 4.47. The largest absolute Gasteiger partial charge is 0.494 e. The van der Waals surface area contributed by atoms with Crippen LogP contribution in [0.4, 0.5) is 5.13 Å². The van der Waals surface area contributed by atoms with Gasteiger partial charge in [0.2, 0.25) is 0 Å². The van der Waals surface area contributed by atoms with Crippen LogP contribution in [0.1, 0.15) is 28.5 Å². The number of hydrogen-bond acceptors (Lipinski definition) is 5. The van der Waals surface area contributed by atoms with Crippen LogP contribution in [0, 0.1) is 6.92 Å². The molecule has 1 amide bonds. The lowest BCUT2D eigenvalue weighted by Gasteiger charge is -2.19. The van der Waals surface area contributed by atoms with Crippen molar-refractivity contribution < 1.29 is 9.53 Å². The predicted octanol–water partition coefficient (Wildman–Crippen LogP) is 5.25. The highest BCUT2D eigenvalue weighted by molar-refractivity contribution is 7.22. The van der Waals surface area contributed by atoms with Gasteiger partial charge in [0, 0.05) is 11.8 Å². The van der Waals surface area contributed by atoms with Gasteiger partial charge in [0.05, 0.1) is 29.1 Å². The number of amides is 1. The van der Waals surface area contributed by atoms with Crippen LogP contribution in [-0.2, 0) is 6.54 Å². The summed E-state index contributed by atoms with van der Waals surface area (Å²) in [6.45, 7) is 4.92. The minimum atomic E-state index is -0.116. The van der Waals surface area contributed by atoms with E-state index >= 15 is 0 Å². The molecule has 0 aliphatic rings. The second kappa shape index (κ2) is 8.41. The van der Waals surface area contributed by atoms with Gasteiger partial charge in [-0.2, -0.15) is 0 Å². The average Bonchev–Trinajstić information content (AvgIpc) is 3.16. The number of pyridine rings is 1. The fourth-order valence-corrected chi connectivity index (χ4v) is 4.09. The van der Waals surface area contributed by atoms with E-state index in [2.05, 4.69) is 18.0 Å². The Balaban J connectivity index is 1.71.